The lowest BCUT2D eigenvalue weighted by atomic mass is 9.47. The highest BCUT2D eigenvalue weighted by molar-refractivity contribution is 6.31. The molecule has 5 aliphatic rings. The van der Waals surface area contributed by atoms with Gasteiger partial charge < -0.3 is 5.11 Å². The van der Waals surface area contributed by atoms with Gasteiger partial charge in [0.25, 0.3) is 0 Å². The van der Waals surface area contributed by atoms with Crippen LogP contribution in [-0.4, -0.2) is 16.9 Å². The number of allylic oxidation sites excluding steroid dienone is 1. The summed E-state index contributed by atoms with van der Waals surface area (Å²) in [6.07, 6.45) is 12.7. The number of hydrogen-bond donors (Lipinski definition) is 1. The van der Waals surface area contributed by atoms with E-state index in [-0.39, 0.29) is 17.6 Å². The first kappa shape index (κ1) is 26.1. The molecule has 0 saturated heterocycles. The zero-order valence-electron chi connectivity index (χ0n) is 23.1. The zero-order chi connectivity index (χ0) is 26.9. The van der Waals surface area contributed by atoms with Gasteiger partial charge in [-0.25, -0.2) is 0 Å². The van der Waals surface area contributed by atoms with Gasteiger partial charge in [-0.15, -0.1) is 0 Å². The molecule has 0 radical (unpaired) electrons. The number of aliphatic hydroxyl groups is 1. The normalized spacial score (nSPS) is 39.5. The van der Waals surface area contributed by atoms with Crippen LogP contribution in [0.1, 0.15) is 83.2 Å². The summed E-state index contributed by atoms with van der Waals surface area (Å²) in [5, 5.41) is 19.5. The molecule has 3 nitrogen and oxygen atoms in total. The van der Waals surface area contributed by atoms with Crippen molar-refractivity contribution >= 4 is 34.6 Å². The predicted octanol–water partition coefficient (Wildman–Crippen LogP) is 9.24. The molecule has 1 heterocycles. The van der Waals surface area contributed by atoms with Crippen molar-refractivity contribution < 1.29 is 5.11 Å². The van der Waals surface area contributed by atoms with Crippen molar-refractivity contribution in [2.45, 2.75) is 83.8 Å². The van der Waals surface area contributed by atoms with Crippen LogP contribution in [0.15, 0.2) is 65.3 Å². The third-order valence-corrected chi connectivity index (χ3v) is 12.2. The molecule has 1 N–H and O–H groups in total. The molecule has 0 aromatic heterocycles. The van der Waals surface area contributed by atoms with E-state index in [1.807, 2.05) is 18.2 Å². The molecule has 3 saturated carbocycles. The van der Waals surface area contributed by atoms with Crippen molar-refractivity contribution in [1.82, 2.24) is 0 Å². The van der Waals surface area contributed by atoms with Gasteiger partial charge in [-0.1, -0.05) is 60.8 Å². The molecule has 0 bridgehead atoms. The van der Waals surface area contributed by atoms with Crippen LogP contribution >= 0.6 is 23.2 Å². The Labute approximate surface area is 243 Å². The molecule has 0 amide bonds. The molecule has 7 rings (SSSR count). The Morgan fingerprint density at radius 3 is 2.51 bits per heavy atom. The molecule has 39 heavy (non-hydrogen) atoms. The molecule has 2 aromatic rings. The lowest BCUT2D eigenvalue weighted by molar-refractivity contribution is -0.0424. The lowest BCUT2D eigenvalue weighted by Gasteiger charge is -2.58. The maximum absolute atomic E-state index is 10.4. The van der Waals surface area contributed by atoms with Crippen LogP contribution in [0.5, 0.6) is 0 Å². The van der Waals surface area contributed by atoms with Gasteiger partial charge in [-0.05, 0) is 122 Å². The van der Waals surface area contributed by atoms with Gasteiger partial charge >= 0.3 is 0 Å². The Kier molecular flexibility index (Phi) is 6.45. The summed E-state index contributed by atoms with van der Waals surface area (Å²) in [6, 6.07) is 16.5. The van der Waals surface area contributed by atoms with Gasteiger partial charge in [0.1, 0.15) is 0 Å². The smallest absolute Gasteiger partial charge is 0.0828 e. The number of halogens is 2. The Balaban J connectivity index is 1.20. The van der Waals surface area contributed by atoms with Gasteiger partial charge in [0.15, 0.2) is 0 Å². The number of nitrogens with zero attached hydrogens (tertiary/aromatic N) is 2. The minimum Gasteiger partial charge on any atom is -0.393 e. The van der Waals surface area contributed by atoms with Gasteiger partial charge in [0, 0.05) is 28.1 Å². The summed E-state index contributed by atoms with van der Waals surface area (Å²) in [6.45, 7) is 5.12. The minimum absolute atomic E-state index is 0.137. The lowest BCUT2D eigenvalue weighted by Crippen LogP contribution is -2.51. The maximum Gasteiger partial charge on any atom is 0.0828 e. The summed E-state index contributed by atoms with van der Waals surface area (Å²) in [4.78, 5) is 0. The number of rotatable bonds is 3. The highest BCUT2D eigenvalue weighted by Crippen LogP contribution is 2.67. The van der Waals surface area contributed by atoms with Crippen LogP contribution in [0, 0.1) is 34.5 Å². The number of fused-ring (bicyclic) bond motifs is 5. The van der Waals surface area contributed by atoms with Crippen molar-refractivity contribution in [1.29, 1.82) is 0 Å². The minimum atomic E-state index is -0.137. The predicted molar refractivity (Wildman–Crippen MR) is 161 cm³/mol. The molecule has 8 atom stereocenters. The fraction of sp³-hybridized carbons (Fsp3) is 0.559. The molecule has 2 aromatic carbocycles. The fourth-order valence-electron chi connectivity index (χ4n) is 9.74. The first-order chi connectivity index (χ1) is 18.8. The number of anilines is 1. The van der Waals surface area contributed by atoms with E-state index in [0.29, 0.717) is 11.3 Å². The zero-order valence-corrected chi connectivity index (χ0v) is 24.6. The highest BCUT2D eigenvalue weighted by Gasteiger charge is 2.59. The summed E-state index contributed by atoms with van der Waals surface area (Å²) in [7, 11) is 0. The topological polar surface area (TPSA) is 35.8 Å². The van der Waals surface area contributed by atoms with E-state index >= 15 is 0 Å². The van der Waals surface area contributed by atoms with Crippen molar-refractivity contribution in [3.63, 3.8) is 0 Å². The van der Waals surface area contributed by atoms with Crippen molar-refractivity contribution in [3.05, 3.63) is 75.8 Å². The molecule has 206 valence electrons. The van der Waals surface area contributed by atoms with E-state index in [2.05, 4.69) is 55.3 Å². The van der Waals surface area contributed by atoms with Gasteiger partial charge in [-0.2, -0.15) is 5.10 Å². The molecule has 5 heteroatoms. The van der Waals surface area contributed by atoms with Crippen molar-refractivity contribution in [3.8, 4) is 0 Å². The number of aliphatic hydroxyl groups excluding tert-OH is 1. The van der Waals surface area contributed by atoms with E-state index in [9.17, 15) is 5.11 Å². The summed E-state index contributed by atoms with van der Waals surface area (Å²) >= 11 is 12.7. The molecule has 0 spiro atoms. The second-order valence-electron chi connectivity index (χ2n) is 13.5. The van der Waals surface area contributed by atoms with Crippen LogP contribution in [-0.2, 0) is 0 Å². The Hall–Kier alpha value is -1.81. The van der Waals surface area contributed by atoms with Crippen LogP contribution in [0.25, 0.3) is 0 Å². The largest absolute Gasteiger partial charge is 0.393 e. The quantitative estimate of drug-likeness (QED) is 0.378. The second kappa shape index (κ2) is 9.64. The van der Waals surface area contributed by atoms with Gasteiger partial charge in [0.05, 0.1) is 17.8 Å². The first-order valence-corrected chi connectivity index (χ1v) is 15.8. The van der Waals surface area contributed by atoms with Crippen LogP contribution in [0.4, 0.5) is 5.69 Å². The third kappa shape index (κ3) is 4.21. The SMILES string of the molecule is C[C@]12CC[C@H]3[C@@H](CC=C4C[C@@H](O)CC[C@@]43C)[C@@H]1CC[C@@H]2C1=NN(c2ccc(Cl)cc2)C(c2cccc(Cl)c2)C1. The number of hydrogen-bond acceptors (Lipinski definition) is 3. The van der Waals surface area contributed by atoms with Gasteiger partial charge in [0.2, 0.25) is 0 Å². The van der Waals surface area contributed by atoms with Crippen LogP contribution < -0.4 is 5.01 Å². The standard InChI is InChI=1S/C34H40Cl2N2O/c1-33-16-14-26(39)19-22(33)6-11-27-28-12-13-30(34(28,2)17-15-29(27)33)31-20-32(21-4-3-5-24(36)18-21)38(37-31)25-9-7-23(35)8-10-25/h3-10,18,26-30,32,39H,11-17,19-20H2,1-2H3/t26-,27-,28-,29-,30+,32?,33-,34-/m0/s1. The average molecular weight is 564 g/mol. The summed E-state index contributed by atoms with van der Waals surface area (Å²) in [5.41, 5.74) is 5.82. The number of benzene rings is 2. The molecule has 1 unspecified atom stereocenters. The van der Waals surface area contributed by atoms with Crippen molar-refractivity contribution in [2.75, 3.05) is 5.01 Å². The highest BCUT2D eigenvalue weighted by atomic mass is 35.5. The molecular formula is C34H40Cl2N2O. The van der Waals surface area contributed by atoms with Crippen molar-refractivity contribution in [2.24, 2.45) is 39.6 Å². The van der Waals surface area contributed by atoms with Crippen LogP contribution in [0.2, 0.25) is 10.0 Å². The Morgan fingerprint density at radius 2 is 1.72 bits per heavy atom. The monoisotopic (exact) mass is 562 g/mol. The molecule has 1 aliphatic heterocycles. The molecular weight excluding hydrogens is 523 g/mol. The van der Waals surface area contributed by atoms with Gasteiger partial charge in [-0.3, -0.25) is 5.01 Å². The van der Waals surface area contributed by atoms with E-state index in [1.54, 1.807) is 5.57 Å². The maximum atomic E-state index is 10.4. The van der Waals surface area contributed by atoms with E-state index < -0.39 is 0 Å². The average Bonchev–Trinajstić information content (AvgIpc) is 3.51. The summed E-state index contributed by atoms with van der Waals surface area (Å²) in [5.74, 6) is 2.79. The Morgan fingerprint density at radius 1 is 0.897 bits per heavy atom. The third-order valence-electron chi connectivity index (χ3n) is 11.7. The van der Waals surface area contributed by atoms with Crippen LogP contribution in [0.3, 0.4) is 0 Å². The van der Waals surface area contributed by atoms with E-state index in [1.165, 1.54) is 43.4 Å². The first-order valence-electron chi connectivity index (χ1n) is 15.0. The molecule has 4 aliphatic carbocycles. The number of hydrazone groups is 1. The Bertz CT molecular complexity index is 1320. The summed E-state index contributed by atoms with van der Waals surface area (Å²) < 4.78 is 0. The van der Waals surface area contributed by atoms with E-state index in [0.717, 1.165) is 59.2 Å². The molecule has 3 fully saturated rings. The second-order valence-corrected chi connectivity index (χ2v) is 14.4. The van der Waals surface area contributed by atoms with E-state index in [4.69, 9.17) is 28.3 Å². The fourth-order valence-corrected chi connectivity index (χ4v) is 10.1.